The van der Waals surface area contributed by atoms with Crippen LogP contribution in [-0.2, 0) is 20.4 Å². The van der Waals surface area contributed by atoms with Gasteiger partial charge in [0, 0.05) is 62.1 Å². The summed E-state index contributed by atoms with van der Waals surface area (Å²) in [6, 6.07) is 11.8. The quantitative estimate of drug-likeness (QED) is 0.384. The molecule has 0 aromatic heterocycles. The Bertz CT molecular complexity index is 1370. The number of ether oxygens (including phenoxy) is 2. The molecule has 10 nitrogen and oxygen atoms in total. The number of carbonyl (C=O) groups excluding carboxylic acids is 3. The lowest BCUT2D eigenvalue weighted by Crippen LogP contribution is -2.48. The van der Waals surface area contributed by atoms with Crippen molar-refractivity contribution in [3.63, 3.8) is 0 Å². The van der Waals surface area contributed by atoms with E-state index in [0.29, 0.717) is 51.6 Å². The summed E-state index contributed by atoms with van der Waals surface area (Å²) in [5.41, 5.74) is 0.637. The number of carbonyl (C=O) groups is 3. The van der Waals surface area contributed by atoms with Crippen LogP contribution in [0, 0.1) is 0 Å². The van der Waals surface area contributed by atoms with Crippen molar-refractivity contribution in [2.24, 2.45) is 0 Å². The molecule has 2 aromatic carbocycles. The highest BCUT2D eigenvalue weighted by Gasteiger charge is 2.38. The Kier molecular flexibility index (Phi) is 11.0. The Morgan fingerprint density at radius 1 is 0.978 bits per heavy atom. The molecule has 2 aromatic rings. The van der Waals surface area contributed by atoms with E-state index < -0.39 is 23.6 Å². The first-order valence-corrected chi connectivity index (χ1v) is 15.6. The summed E-state index contributed by atoms with van der Waals surface area (Å²) >= 11 is 0. The summed E-state index contributed by atoms with van der Waals surface area (Å²) in [5, 5.41) is 5.35. The van der Waals surface area contributed by atoms with E-state index in [2.05, 4.69) is 27.0 Å². The number of nitrogens with zero attached hydrogens (tertiary/aromatic N) is 3. The second kappa shape index (κ2) is 15.1. The van der Waals surface area contributed by atoms with Crippen LogP contribution in [0.3, 0.4) is 0 Å². The van der Waals surface area contributed by atoms with Crippen molar-refractivity contribution in [2.75, 3.05) is 70.5 Å². The second-order valence-corrected chi connectivity index (χ2v) is 11.7. The maximum atomic E-state index is 13.0. The number of benzene rings is 2. The molecule has 3 aliphatic heterocycles. The number of piperidine rings is 1. The third-order valence-corrected chi connectivity index (χ3v) is 8.69. The Morgan fingerprint density at radius 3 is 2.37 bits per heavy atom. The second-order valence-electron chi connectivity index (χ2n) is 11.7. The van der Waals surface area contributed by atoms with Crippen molar-refractivity contribution >= 4 is 23.4 Å². The molecule has 46 heavy (non-hydrogen) atoms. The molecule has 2 N–H and O–H groups in total. The fourth-order valence-electron chi connectivity index (χ4n) is 6.21. The van der Waals surface area contributed by atoms with Gasteiger partial charge in [0.2, 0.25) is 5.91 Å². The van der Waals surface area contributed by atoms with Gasteiger partial charge in [-0.25, -0.2) is 0 Å². The average molecular weight is 644 g/mol. The monoisotopic (exact) mass is 643 g/mol. The van der Waals surface area contributed by atoms with Gasteiger partial charge in [-0.15, -0.1) is 6.58 Å². The van der Waals surface area contributed by atoms with Crippen LogP contribution in [0.5, 0.6) is 0 Å². The molecule has 3 amide bonds. The third kappa shape index (κ3) is 8.45. The zero-order valence-corrected chi connectivity index (χ0v) is 25.6. The smallest absolute Gasteiger partial charge is 0.378 e. The molecular formula is C33H40F3N5O5. The molecule has 3 heterocycles. The zero-order chi connectivity index (χ0) is 32.7. The van der Waals surface area contributed by atoms with Crippen LogP contribution in [0.25, 0.3) is 0 Å². The average Bonchev–Trinajstić information content (AvgIpc) is 3.48. The molecule has 0 bridgehead atoms. The van der Waals surface area contributed by atoms with Gasteiger partial charge < -0.3 is 29.9 Å². The number of alkyl halides is 3. The van der Waals surface area contributed by atoms with Crippen LogP contribution < -0.4 is 15.5 Å². The van der Waals surface area contributed by atoms with E-state index in [4.69, 9.17) is 9.47 Å². The van der Waals surface area contributed by atoms with E-state index in [9.17, 15) is 27.6 Å². The van der Waals surface area contributed by atoms with Gasteiger partial charge in [-0.3, -0.25) is 19.3 Å². The SMILES string of the molecule is C=CCO[C@H]1CN(C2CCN(c3ccc(C(=O)N4CCOCC4)cc3)CC2)C[C@@H]1NC(=O)CNC(=O)c1cccc(C(F)(F)F)c1. The topological polar surface area (TPSA) is 103 Å². The van der Waals surface area contributed by atoms with Gasteiger partial charge in [-0.1, -0.05) is 12.1 Å². The van der Waals surface area contributed by atoms with Crippen molar-refractivity contribution in [1.82, 2.24) is 20.4 Å². The van der Waals surface area contributed by atoms with Crippen molar-refractivity contribution in [1.29, 1.82) is 0 Å². The highest BCUT2D eigenvalue weighted by Crippen LogP contribution is 2.30. The minimum Gasteiger partial charge on any atom is -0.378 e. The van der Waals surface area contributed by atoms with Crippen molar-refractivity contribution in [2.45, 2.75) is 37.2 Å². The Hall–Kier alpha value is -3.94. The maximum absolute atomic E-state index is 13.0. The van der Waals surface area contributed by atoms with Gasteiger partial charge in [-0.2, -0.15) is 13.2 Å². The maximum Gasteiger partial charge on any atom is 0.416 e. The molecule has 0 radical (unpaired) electrons. The lowest BCUT2D eigenvalue weighted by atomic mass is 10.0. The molecule has 3 saturated heterocycles. The molecule has 0 spiro atoms. The normalized spacial score (nSPS) is 21.2. The van der Waals surface area contributed by atoms with Gasteiger partial charge >= 0.3 is 6.18 Å². The van der Waals surface area contributed by atoms with E-state index in [-0.39, 0.29) is 36.2 Å². The number of morpholine rings is 1. The minimum atomic E-state index is -4.57. The predicted molar refractivity (Wildman–Crippen MR) is 166 cm³/mol. The van der Waals surface area contributed by atoms with Gasteiger partial charge in [0.15, 0.2) is 0 Å². The van der Waals surface area contributed by atoms with Crippen LogP contribution in [0.4, 0.5) is 18.9 Å². The number of anilines is 1. The van der Waals surface area contributed by atoms with Crippen LogP contribution >= 0.6 is 0 Å². The number of halogens is 3. The fraction of sp³-hybridized carbons (Fsp3) is 0.485. The number of likely N-dealkylation sites (tertiary alicyclic amines) is 1. The number of nitrogens with one attached hydrogen (secondary N) is 2. The molecule has 2 atom stereocenters. The van der Waals surface area contributed by atoms with Crippen molar-refractivity contribution in [3.8, 4) is 0 Å². The molecule has 3 aliphatic rings. The molecule has 0 saturated carbocycles. The number of amides is 3. The van der Waals surface area contributed by atoms with Crippen LogP contribution in [0.1, 0.15) is 39.1 Å². The van der Waals surface area contributed by atoms with Crippen molar-refractivity contribution < 1.29 is 37.0 Å². The molecule has 0 aliphatic carbocycles. The Labute approximate surface area is 266 Å². The Balaban J connectivity index is 1.11. The van der Waals surface area contributed by atoms with E-state index >= 15 is 0 Å². The van der Waals surface area contributed by atoms with Gasteiger partial charge in [0.25, 0.3) is 11.8 Å². The van der Waals surface area contributed by atoms with E-state index in [0.717, 1.165) is 49.8 Å². The molecule has 3 fully saturated rings. The predicted octanol–water partition coefficient (Wildman–Crippen LogP) is 2.95. The molecule has 13 heteroatoms. The van der Waals surface area contributed by atoms with E-state index in [1.54, 1.807) is 6.08 Å². The summed E-state index contributed by atoms with van der Waals surface area (Å²) in [5.74, 6) is -1.20. The summed E-state index contributed by atoms with van der Waals surface area (Å²) in [6.07, 6.45) is -1.38. The lowest BCUT2D eigenvalue weighted by molar-refractivity contribution is -0.137. The highest BCUT2D eigenvalue weighted by molar-refractivity contribution is 5.96. The first-order valence-electron chi connectivity index (χ1n) is 15.6. The number of hydrogen-bond donors (Lipinski definition) is 2. The summed E-state index contributed by atoms with van der Waals surface area (Å²) < 4.78 is 50.4. The molecular weight excluding hydrogens is 603 g/mol. The van der Waals surface area contributed by atoms with Gasteiger partial charge in [0.05, 0.1) is 44.1 Å². The summed E-state index contributed by atoms with van der Waals surface area (Å²) in [6.45, 7) is 8.87. The third-order valence-electron chi connectivity index (χ3n) is 8.69. The van der Waals surface area contributed by atoms with Crippen LogP contribution in [0.15, 0.2) is 61.2 Å². The first kappa shape index (κ1) is 33.4. The molecule has 0 unspecified atom stereocenters. The lowest BCUT2D eigenvalue weighted by Gasteiger charge is -2.38. The minimum absolute atomic E-state index is 0.0237. The summed E-state index contributed by atoms with van der Waals surface area (Å²) in [4.78, 5) is 44.5. The standard InChI is InChI=1S/C33H40F3N5O5/c1-2-16-46-29-22-41(21-28(29)38-30(42)20-37-31(43)24-4-3-5-25(19-24)33(34,35)36)27-10-12-39(13-11-27)26-8-6-23(7-9-26)32(44)40-14-17-45-18-15-40/h2-9,19,27-29H,1,10-18,20-22H2,(H,37,43)(H,38,42)/t28-,29-/m0/s1. The summed E-state index contributed by atoms with van der Waals surface area (Å²) in [7, 11) is 0. The molecule has 5 rings (SSSR count). The zero-order valence-electron chi connectivity index (χ0n) is 25.6. The van der Waals surface area contributed by atoms with E-state index in [1.165, 1.54) is 6.07 Å². The fourth-order valence-corrected chi connectivity index (χ4v) is 6.21. The molecule has 248 valence electrons. The van der Waals surface area contributed by atoms with Crippen molar-refractivity contribution in [3.05, 3.63) is 77.9 Å². The largest absolute Gasteiger partial charge is 0.416 e. The van der Waals surface area contributed by atoms with Gasteiger partial charge in [0.1, 0.15) is 0 Å². The van der Waals surface area contributed by atoms with E-state index in [1.807, 2.05) is 29.2 Å². The van der Waals surface area contributed by atoms with Crippen LogP contribution in [0.2, 0.25) is 0 Å². The van der Waals surface area contributed by atoms with Crippen LogP contribution in [-0.4, -0.2) is 111 Å². The Morgan fingerprint density at radius 2 is 1.70 bits per heavy atom. The van der Waals surface area contributed by atoms with Gasteiger partial charge in [-0.05, 0) is 55.3 Å². The first-order chi connectivity index (χ1) is 22.1. The number of rotatable bonds is 10. The number of hydrogen-bond acceptors (Lipinski definition) is 7. The highest BCUT2D eigenvalue weighted by atomic mass is 19.4.